The second-order valence-corrected chi connectivity index (χ2v) is 8.39. The minimum atomic E-state index is -1.09. The van der Waals surface area contributed by atoms with Gasteiger partial charge in [0, 0.05) is 42.6 Å². The SMILES string of the molecule is CC(=O)N(C)c1ccc(OC[C@@H]2CO[C@@](Cn3ccnc3)(c3ccc(Cl)cc3Cl)O2)cc1. The molecule has 0 saturated carbocycles. The minimum Gasteiger partial charge on any atom is -0.491 e. The van der Waals surface area contributed by atoms with Gasteiger partial charge >= 0.3 is 0 Å². The molecule has 1 aliphatic heterocycles. The van der Waals surface area contributed by atoms with Crippen molar-refractivity contribution in [2.45, 2.75) is 25.4 Å². The van der Waals surface area contributed by atoms with Crippen molar-refractivity contribution in [1.82, 2.24) is 9.55 Å². The topological polar surface area (TPSA) is 65.8 Å². The molecule has 0 unspecified atom stereocenters. The largest absolute Gasteiger partial charge is 0.491 e. The van der Waals surface area contributed by atoms with Crippen LogP contribution in [0, 0.1) is 0 Å². The molecule has 4 rings (SSSR count). The summed E-state index contributed by atoms with van der Waals surface area (Å²) in [6.45, 7) is 2.51. The Labute approximate surface area is 196 Å². The van der Waals surface area contributed by atoms with Crippen LogP contribution in [-0.4, -0.2) is 41.8 Å². The highest BCUT2D eigenvalue weighted by atomic mass is 35.5. The molecule has 168 valence electrons. The van der Waals surface area contributed by atoms with E-state index in [-0.39, 0.29) is 12.0 Å². The van der Waals surface area contributed by atoms with Gasteiger partial charge in [0.15, 0.2) is 0 Å². The molecule has 0 aliphatic carbocycles. The average molecular weight is 476 g/mol. The molecule has 1 fully saturated rings. The second kappa shape index (κ2) is 9.50. The number of aromatic nitrogens is 2. The summed E-state index contributed by atoms with van der Waals surface area (Å²) in [5, 5.41) is 0.998. The molecule has 1 aliphatic rings. The van der Waals surface area contributed by atoms with Gasteiger partial charge in [-0.1, -0.05) is 29.3 Å². The van der Waals surface area contributed by atoms with Gasteiger partial charge in [-0.25, -0.2) is 4.98 Å². The molecule has 7 nitrogen and oxygen atoms in total. The van der Waals surface area contributed by atoms with E-state index in [1.54, 1.807) is 36.6 Å². The molecule has 2 heterocycles. The molecule has 2 atom stereocenters. The van der Waals surface area contributed by atoms with Crippen LogP contribution in [0.25, 0.3) is 0 Å². The fourth-order valence-corrected chi connectivity index (χ4v) is 4.06. The lowest BCUT2D eigenvalue weighted by Gasteiger charge is -2.30. The Morgan fingerprint density at radius 3 is 2.72 bits per heavy atom. The molecule has 0 radical (unpaired) electrons. The quantitative estimate of drug-likeness (QED) is 0.502. The second-order valence-electron chi connectivity index (χ2n) is 7.55. The first kappa shape index (κ1) is 22.6. The van der Waals surface area contributed by atoms with Crippen molar-refractivity contribution >= 4 is 34.8 Å². The summed E-state index contributed by atoms with van der Waals surface area (Å²) in [7, 11) is 1.73. The zero-order valence-electron chi connectivity index (χ0n) is 17.7. The number of benzene rings is 2. The number of hydrogen-bond acceptors (Lipinski definition) is 5. The first-order valence-electron chi connectivity index (χ1n) is 10.1. The molecule has 1 saturated heterocycles. The summed E-state index contributed by atoms with van der Waals surface area (Å²) < 4.78 is 20.3. The lowest BCUT2D eigenvalue weighted by atomic mass is 10.1. The highest BCUT2D eigenvalue weighted by Crippen LogP contribution is 2.40. The highest BCUT2D eigenvalue weighted by molar-refractivity contribution is 6.35. The van der Waals surface area contributed by atoms with Crippen molar-refractivity contribution in [1.29, 1.82) is 0 Å². The number of halogens is 2. The maximum atomic E-state index is 11.5. The van der Waals surface area contributed by atoms with Crippen LogP contribution in [0.5, 0.6) is 5.75 Å². The molecule has 1 amide bonds. The van der Waals surface area contributed by atoms with Crippen molar-refractivity contribution in [2.24, 2.45) is 0 Å². The summed E-state index contributed by atoms with van der Waals surface area (Å²) in [5.41, 5.74) is 1.48. The molecule has 0 N–H and O–H groups in total. The van der Waals surface area contributed by atoms with E-state index in [4.69, 9.17) is 37.4 Å². The van der Waals surface area contributed by atoms with E-state index < -0.39 is 5.79 Å². The maximum absolute atomic E-state index is 11.5. The minimum absolute atomic E-state index is 0.0368. The van der Waals surface area contributed by atoms with Gasteiger partial charge in [0.05, 0.1) is 24.5 Å². The molecule has 32 heavy (non-hydrogen) atoms. The normalized spacial score (nSPS) is 20.3. The molecule has 9 heteroatoms. The Morgan fingerprint density at radius 2 is 2.06 bits per heavy atom. The summed E-state index contributed by atoms with van der Waals surface area (Å²) >= 11 is 12.6. The number of rotatable bonds is 7. The standard InChI is InChI=1S/C23H23Cl2N3O4/c1-16(29)27(2)18-4-6-19(7-5-18)30-12-20-13-31-23(32-20,14-28-10-9-26-15-28)21-8-3-17(24)11-22(21)25/h3-11,15,20H,12-14H2,1-2H3/t20-,23-/m1/s1. The number of nitrogens with zero attached hydrogens (tertiary/aromatic N) is 3. The van der Waals surface area contributed by atoms with E-state index in [1.807, 2.05) is 41.1 Å². The molecule has 3 aromatic rings. The summed E-state index contributed by atoms with van der Waals surface area (Å²) in [6.07, 6.45) is 4.91. The van der Waals surface area contributed by atoms with Crippen molar-refractivity contribution in [2.75, 3.05) is 25.2 Å². The van der Waals surface area contributed by atoms with Crippen LogP contribution in [0.15, 0.2) is 61.2 Å². The zero-order chi connectivity index (χ0) is 22.7. The predicted octanol–water partition coefficient (Wildman–Crippen LogP) is 4.52. The van der Waals surface area contributed by atoms with Crippen LogP contribution >= 0.6 is 23.2 Å². The lowest BCUT2D eigenvalue weighted by Crippen LogP contribution is -2.34. The third kappa shape index (κ3) is 4.91. The fraction of sp³-hybridized carbons (Fsp3) is 0.304. The van der Waals surface area contributed by atoms with Gasteiger partial charge in [-0.2, -0.15) is 0 Å². The van der Waals surface area contributed by atoms with E-state index in [0.717, 1.165) is 5.69 Å². The van der Waals surface area contributed by atoms with Gasteiger partial charge < -0.3 is 23.7 Å². The third-order valence-electron chi connectivity index (χ3n) is 5.28. The van der Waals surface area contributed by atoms with E-state index in [9.17, 15) is 4.79 Å². The lowest BCUT2D eigenvalue weighted by molar-refractivity contribution is -0.189. The molecule has 0 bridgehead atoms. The molecular weight excluding hydrogens is 453 g/mol. The molecule has 1 aromatic heterocycles. The van der Waals surface area contributed by atoms with Gasteiger partial charge in [-0.3, -0.25) is 4.79 Å². The summed E-state index contributed by atoms with van der Waals surface area (Å²) in [4.78, 5) is 17.2. The van der Waals surface area contributed by atoms with Gasteiger partial charge in [0.25, 0.3) is 0 Å². The Hall–Kier alpha value is -2.58. The fourth-order valence-electron chi connectivity index (χ4n) is 3.51. The number of ether oxygens (including phenoxy) is 3. The Morgan fingerprint density at radius 1 is 1.28 bits per heavy atom. The zero-order valence-corrected chi connectivity index (χ0v) is 19.2. The van der Waals surface area contributed by atoms with Gasteiger partial charge in [0.2, 0.25) is 11.7 Å². The molecule has 0 spiro atoms. The number of carbonyl (C=O) groups is 1. The first-order chi connectivity index (χ1) is 15.4. The van der Waals surface area contributed by atoms with Crippen molar-refractivity contribution < 1.29 is 19.0 Å². The summed E-state index contributed by atoms with van der Waals surface area (Å²) in [5.74, 6) is -0.457. The highest BCUT2D eigenvalue weighted by Gasteiger charge is 2.45. The monoisotopic (exact) mass is 475 g/mol. The Bertz CT molecular complexity index is 1080. The van der Waals surface area contributed by atoms with Crippen LogP contribution < -0.4 is 9.64 Å². The van der Waals surface area contributed by atoms with Gasteiger partial charge in [-0.05, 0) is 36.4 Å². The van der Waals surface area contributed by atoms with E-state index in [0.29, 0.717) is 41.1 Å². The Kier molecular flexibility index (Phi) is 6.71. The number of imidazole rings is 1. The number of hydrogen-bond donors (Lipinski definition) is 0. The van der Waals surface area contributed by atoms with Gasteiger partial charge in [0.1, 0.15) is 18.5 Å². The number of amides is 1. The number of anilines is 1. The molecule has 2 aromatic carbocycles. The van der Waals surface area contributed by atoms with E-state index in [1.165, 1.54) is 6.92 Å². The Balaban J connectivity index is 1.47. The smallest absolute Gasteiger partial charge is 0.223 e. The summed E-state index contributed by atoms with van der Waals surface area (Å²) in [6, 6.07) is 12.5. The predicted molar refractivity (Wildman–Crippen MR) is 122 cm³/mol. The molecular formula is C23H23Cl2N3O4. The van der Waals surface area contributed by atoms with Crippen molar-refractivity contribution in [3.63, 3.8) is 0 Å². The van der Waals surface area contributed by atoms with E-state index >= 15 is 0 Å². The van der Waals surface area contributed by atoms with Crippen LogP contribution in [0.4, 0.5) is 5.69 Å². The van der Waals surface area contributed by atoms with Crippen LogP contribution in [0.2, 0.25) is 10.0 Å². The van der Waals surface area contributed by atoms with Crippen LogP contribution in [-0.2, 0) is 26.6 Å². The van der Waals surface area contributed by atoms with Gasteiger partial charge in [-0.15, -0.1) is 0 Å². The first-order valence-corrected chi connectivity index (χ1v) is 10.8. The number of carbonyl (C=O) groups excluding carboxylic acids is 1. The third-order valence-corrected chi connectivity index (χ3v) is 5.83. The van der Waals surface area contributed by atoms with E-state index in [2.05, 4.69) is 4.98 Å². The van der Waals surface area contributed by atoms with Crippen LogP contribution in [0.1, 0.15) is 12.5 Å². The van der Waals surface area contributed by atoms with Crippen LogP contribution in [0.3, 0.4) is 0 Å². The maximum Gasteiger partial charge on any atom is 0.223 e. The van der Waals surface area contributed by atoms with Crippen molar-refractivity contribution in [3.8, 4) is 5.75 Å². The van der Waals surface area contributed by atoms with Crippen molar-refractivity contribution in [3.05, 3.63) is 76.8 Å². The average Bonchev–Trinajstić information content (AvgIpc) is 3.43.